The van der Waals surface area contributed by atoms with Gasteiger partial charge >= 0.3 is 0 Å². The minimum Gasteiger partial charge on any atom is -0.356 e. The molecule has 1 aromatic heterocycles. The van der Waals surface area contributed by atoms with Crippen LogP contribution in [0.25, 0.3) is 0 Å². The quantitative estimate of drug-likeness (QED) is 0.368. The van der Waals surface area contributed by atoms with E-state index < -0.39 is 0 Å². The Morgan fingerprint density at radius 2 is 2.00 bits per heavy atom. The summed E-state index contributed by atoms with van der Waals surface area (Å²) in [7, 11) is 1.84. The Labute approximate surface area is 148 Å². The molecule has 24 heavy (non-hydrogen) atoms. The zero-order valence-electron chi connectivity index (χ0n) is 16.4. The van der Waals surface area contributed by atoms with Crippen LogP contribution in [0.1, 0.15) is 65.1 Å². The van der Waals surface area contributed by atoms with E-state index in [1.165, 1.54) is 25.7 Å². The van der Waals surface area contributed by atoms with E-state index in [0.717, 1.165) is 44.3 Å². The summed E-state index contributed by atoms with van der Waals surface area (Å²) in [5.41, 5.74) is 0.311. The van der Waals surface area contributed by atoms with Crippen LogP contribution in [-0.4, -0.2) is 35.6 Å². The molecule has 0 radical (unpaired) electrons. The minimum absolute atomic E-state index is 0.311. The molecule has 0 saturated carbocycles. The van der Waals surface area contributed by atoms with E-state index in [1.54, 1.807) is 0 Å². The highest BCUT2D eigenvalue weighted by Crippen LogP contribution is 2.22. The summed E-state index contributed by atoms with van der Waals surface area (Å²) in [5, 5.41) is 6.89. The van der Waals surface area contributed by atoms with Crippen LogP contribution in [0.2, 0.25) is 0 Å². The molecule has 0 aromatic carbocycles. The van der Waals surface area contributed by atoms with Crippen molar-refractivity contribution in [3.63, 3.8) is 0 Å². The van der Waals surface area contributed by atoms with E-state index in [9.17, 15) is 0 Å². The summed E-state index contributed by atoms with van der Waals surface area (Å²) in [5.74, 6) is 2.00. The largest absolute Gasteiger partial charge is 0.356 e. The molecule has 0 spiro atoms. The fourth-order valence-corrected chi connectivity index (χ4v) is 2.74. The Balaban J connectivity index is 2.17. The zero-order valence-corrected chi connectivity index (χ0v) is 16.4. The van der Waals surface area contributed by atoms with Gasteiger partial charge in [-0.25, -0.2) is 4.98 Å². The van der Waals surface area contributed by atoms with Crippen molar-refractivity contribution >= 4 is 5.96 Å². The van der Waals surface area contributed by atoms with E-state index in [2.05, 4.69) is 45.9 Å². The van der Waals surface area contributed by atoms with Gasteiger partial charge in [0.15, 0.2) is 5.96 Å². The van der Waals surface area contributed by atoms with Crippen molar-refractivity contribution in [3.8, 4) is 0 Å². The number of nitrogens with zero attached hydrogens (tertiary/aromatic N) is 3. The Kier molecular flexibility index (Phi) is 9.50. The van der Waals surface area contributed by atoms with Gasteiger partial charge in [-0.05, 0) is 31.6 Å². The molecule has 0 unspecified atom stereocenters. The van der Waals surface area contributed by atoms with Crippen molar-refractivity contribution in [2.24, 2.45) is 10.4 Å². The average Bonchev–Trinajstić information content (AvgIpc) is 2.95. The second-order valence-electron chi connectivity index (χ2n) is 7.35. The lowest BCUT2D eigenvalue weighted by atomic mass is 9.87. The van der Waals surface area contributed by atoms with Gasteiger partial charge in [-0.2, -0.15) is 0 Å². The molecule has 0 amide bonds. The lowest BCUT2D eigenvalue weighted by Gasteiger charge is -2.26. The second kappa shape index (κ2) is 11.1. The monoisotopic (exact) mass is 335 g/mol. The van der Waals surface area contributed by atoms with Crippen molar-refractivity contribution in [1.82, 2.24) is 20.2 Å². The van der Waals surface area contributed by atoms with Gasteiger partial charge in [0, 0.05) is 39.1 Å². The Bertz CT molecular complexity index is 476. The van der Waals surface area contributed by atoms with E-state index in [1.807, 2.05) is 26.4 Å². The maximum atomic E-state index is 4.33. The predicted molar refractivity (Wildman–Crippen MR) is 103 cm³/mol. The van der Waals surface area contributed by atoms with Gasteiger partial charge in [-0.1, -0.05) is 40.0 Å². The Hall–Kier alpha value is -1.52. The fourth-order valence-electron chi connectivity index (χ4n) is 2.74. The third kappa shape index (κ3) is 8.37. The first-order valence-electron chi connectivity index (χ1n) is 9.41. The molecule has 0 fully saturated rings. The van der Waals surface area contributed by atoms with Gasteiger partial charge in [0.05, 0.1) is 0 Å². The van der Waals surface area contributed by atoms with Crippen molar-refractivity contribution in [3.05, 3.63) is 18.2 Å². The van der Waals surface area contributed by atoms with Crippen molar-refractivity contribution < 1.29 is 0 Å². The second-order valence-corrected chi connectivity index (χ2v) is 7.35. The van der Waals surface area contributed by atoms with Gasteiger partial charge in [0.1, 0.15) is 5.82 Å². The number of guanidine groups is 1. The molecule has 0 aliphatic heterocycles. The first kappa shape index (κ1) is 20.5. The molecule has 5 heteroatoms. The van der Waals surface area contributed by atoms with Gasteiger partial charge < -0.3 is 15.2 Å². The number of aryl methyl sites for hydroxylation is 2. The predicted octanol–water partition coefficient (Wildman–Crippen LogP) is 3.74. The number of unbranched alkanes of at least 4 members (excludes halogenated alkanes) is 3. The summed E-state index contributed by atoms with van der Waals surface area (Å²) >= 11 is 0. The highest BCUT2D eigenvalue weighted by Gasteiger charge is 2.17. The van der Waals surface area contributed by atoms with E-state index in [-0.39, 0.29) is 0 Å². The zero-order chi connectivity index (χ0) is 17.8. The molecule has 138 valence electrons. The van der Waals surface area contributed by atoms with E-state index in [4.69, 9.17) is 0 Å². The highest BCUT2D eigenvalue weighted by molar-refractivity contribution is 5.79. The topological polar surface area (TPSA) is 54.2 Å². The van der Waals surface area contributed by atoms with Crippen LogP contribution in [0.3, 0.4) is 0 Å². The van der Waals surface area contributed by atoms with Crippen LogP contribution in [0.4, 0.5) is 0 Å². The molecule has 1 heterocycles. The van der Waals surface area contributed by atoms with Crippen LogP contribution < -0.4 is 10.6 Å². The van der Waals surface area contributed by atoms with Crippen LogP contribution in [-0.2, 0) is 6.54 Å². The Morgan fingerprint density at radius 3 is 2.62 bits per heavy atom. The first-order chi connectivity index (χ1) is 11.5. The number of hydrogen-bond acceptors (Lipinski definition) is 2. The minimum atomic E-state index is 0.311. The number of aliphatic imine (C=N–C) groups is 1. The molecule has 0 atom stereocenters. The number of nitrogens with one attached hydrogen (secondary N) is 2. The van der Waals surface area contributed by atoms with E-state index >= 15 is 0 Å². The standard InChI is InChI=1S/C19H37N5/c1-6-7-8-11-19(3,4)16-23-18(20-5)22-12-9-10-14-24-15-13-21-17(24)2/h13,15H,6-12,14,16H2,1-5H3,(H2,20,22,23). The van der Waals surface area contributed by atoms with Crippen molar-refractivity contribution in [2.75, 3.05) is 20.1 Å². The third-order valence-electron chi connectivity index (χ3n) is 4.46. The normalized spacial score (nSPS) is 12.5. The molecule has 0 bridgehead atoms. The first-order valence-corrected chi connectivity index (χ1v) is 9.41. The molecule has 1 rings (SSSR count). The summed E-state index contributed by atoms with van der Waals surface area (Å²) in [4.78, 5) is 8.58. The lowest BCUT2D eigenvalue weighted by molar-refractivity contribution is 0.318. The lowest BCUT2D eigenvalue weighted by Crippen LogP contribution is -2.42. The molecule has 5 nitrogen and oxygen atoms in total. The molecule has 0 saturated heterocycles. The molecule has 0 aliphatic rings. The molecular formula is C19H37N5. The summed E-state index contributed by atoms with van der Waals surface area (Å²) in [6.07, 6.45) is 11.4. The maximum absolute atomic E-state index is 4.33. The molecule has 1 aromatic rings. The third-order valence-corrected chi connectivity index (χ3v) is 4.46. The highest BCUT2D eigenvalue weighted by atomic mass is 15.2. The molecular weight excluding hydrogens is 298 g/mol. The smallest absolute Gasteiger partial charge is 0.190 e. The number of hydrogen-bond donors (Lipinski definition) is 2. The van der Waals surface area contributed by atoms with Crippen LogP contribution in [0, 0.1) is 12.3 Å². The average molecular weight is 336 g/mol. The van der Waals surface area contributed by atoms with Crippen molar-refractivity contribution in [1.29, 1.82) is 0 Å². The number of imidazole rings is 1. The number of aromatic nitrogens is 2. The van der Waals surface area contributed by atoms with Gasteiger partial charge in [0.25, 0.3) is 0 Å². The summed E-state index contributed by atoms with van der Waals surface area (Å²) in [6, 6.07) is 0. The number of rotatable bonds is 11. The Morgan fingerprint density at radius 1 is 1.21 bits per heavy atom. The SMILES string of the molecule is CCCCCC(C)(C)CNC(=NC)NCCCCn1ccnc1C. The van der Waals surface area contributed by atoms with E-state index in [0.29, 0.717) is 5.41 Å². The van der Waals surface area contributed by atoms with Crippen LogP contribution in [0.15, 0.2) is 17.4 Å². The van der Waals surface area contributed by atoms with Gasteiger partial charge in [-0.3, -0.25) is 4.99 Å². The van der Waals surface area contributed by atoms with Gasteiger partial charge in [0.2, 0.25) is 0 Å². The van der Waals surface area contributed by atoms with Crippen LogP contribution >= 0.6 is 0 Å². The summed E-state index contributed by atoms with van der Waals surface area (Å²) in [6.45, 7) is 11.9. The molecule has 0 aliphatic carbocycles. The maximum Gasteiger partial charge on any atom is 0.190 e. The molecule has 2 N–H and O–H groups in total. The van der Waals surface area contributed by atoms with Gasteiger partial charge in [-0.15, -0.1) is 0 Å². The fraction of sp³-hybridized carbons (Fsp3) is 0.789. The van der Waals surface area contributed by atoms with Crippen LogP contribution in [0.5, 0.6) is 0 Å². The van der Waals surface area contributed by atoms with Crippen molar-refractivity contribution in [2.45, 2.75) is 72.8 Å². The summed E-state index contributed by atoms with van der Waals surface area (Å²) < 4.78 is 2.20.